The van der Waals surface area contributed by atoms with E-state index in [9.17, 15) is 13.6 Å². The van der Waals surface area contributed by atoms with Crippen LogP contribution in [-0.2, 0) is 4.74 Å². The predicted octanol–water partition coefficient (Wildman–Crippen LogP) is 2.51. The van der Waals surface area contributed by atoms with Gasteiger partial charge in [-0.15, -0.1) is 0 Å². The summed E-state index contributed by atoms with van der Waals surface area (Å²) in [6.45, 7) is 3.23. The van der Waals surface area contributed by atoms with Crippen LogP contribution in [0.3, 0.4) is 0 Å². The predicted molar refractivity (Wildman–Crippen MR) is 56.4 cm³/mol. The highest BCUT2D eigenvalue weighted by atomic mass is 19.3. The molecule has 0 fully saturated rings. The Labute approximate surface area is 97.6 Å². The molecule has 0 saturated heterocycles. The van der Waals surface area contributed by atoms with Crippen LogP contribution in [0.2, 0.25) is 0 Å². The number of pyridine rings is 1. The number of aryl methyl sites for hydroxylation is 1. The molecule has 0 atom stereocenters. The third kappa shape index (κ3) is 2.89. The van der Waals surface area contributed by atoms with Crippen molar-refractivity contribution in [3.05, 3.63) is 22.9 Å². The highest BCUT2D eigenvalue weighted by Gasteiger charge is 2.25. The molecular weight excluding hydrogens is 232 g/mol. The first-order valence-electron chi connectivity index (χ1n) is 5.02. The molecule has 1 aromatic heterocycles. The monoisotopic (exact) mass is 245 g/mol. The number of methoxy groups -OCH3 is 1. The molecule has 94 valence electrons. The summed E-state index contributed by atoms with van der Waals surface area (Å²) in [5.74, 6) is -0.995. The van der Waals surface area contributed by atoms with Gasteiger partial charge in [-0.25, -0.2) is 18.6 Å². The maximum absolute atomic E-state index is 12.8. The summed E-state index contributed by atoms with van der Waals surface area (Å²) in [6.07, 6.45) is -2.79. The lowest BCUT2D eigenvalue weighted by molar-refractivity contribution is 0.0510. The number of aromatic nitrogens is 1. The Morgan fingerprint density at radius 3 is 2.65 bits per heavy atom. The minimum Gasteiger partial charge on any atom is -0.480 e. The summed E-state index contributed by atoms with van der Waals surface area (Å²) in [5, 5.41) is 0. The SMILES string of the molecule is CCOC(=O)c1c(C(F)F)cc(C)nc1OC. The highest BCUT2D eigenvalue weighted by Crippen LogP contribution is 2.29. The summed E-state index contributed by atoms with van der Waals surface area (Å²) in [5.41, 5.74) is -0.382. The second-order valence-electron chi connectivity index (χ2n) is 3.26. The first-order valence-corrected chi connectivity index (χ1v) is 5.02. The standard InChI is InChI=1S/C11H13F2NO3/c1-4-17-11(15)8-7(9(12)13)5-6(2)14-10(8)16-3/h5,9H,4H2,1-3H3. The van der Waals surface area contributed by atoms with Crippen molar-refractivity contribution >= 4 is 5.97 Å². The van der Waals surface area contributed by atoms with Gasteiger partial charge in [-0.3, -0.25) is 0 Å². The van der Waals surface area contributed by atoms with E-state index in [4.69, 9.17) is 9.47 Å². The molecule has 0 radical (unpaired) electrons. The van der Waals surface area contributed by atoms with Crippen LogP contribution >= 0.6 is 0 Å². The Balaban J connectivity index is 3.36. The van der Waals surface area contributed by atoms with Gasteiger partial charge >= 0.3 is 5.97 Å². The van der Waals surface area contributed by atoms with Crippen LogP contribution in [0.1, 0.15) is 35.0 Å². The Morgan fingerprint density at radius 2 is 2.18 bits per heavy atom. The van der Waals surface area contributed by atoms with E-state index in [0.717, 1.165) is 6.07 Å². The number of nitrogens with zero attached hydrogens (tertiary/aromatic N) is 1. The molecule has 0 aliphatic rings. The molecule has 0 amide bonds. The third-order valence-electron chi connectivity index (χ3n) is 2.05. The van der Waals surface area contributed by atoms with Crippen molar-refractivity contribution in [3.63, 3.8) is 0 Å². The molecule has 1 rings (SSSR count). The molecule has 0 aromatic carbocycles. The average Bonchev–Trinajstić information content (AvgIpc) is 2.27. The fourth-order valence-corrected chi connectivity index (χ4v) is 1.40. The van der Waals surface area contributed by atoms with E-state index in [1.807, 2.05) is 0 Å². The number of carbonyl (C=O) groups excluding carboxylic acids is 1. The van der Waals surface area contributed by atoms with Crippen LogP contribution in [0, 0.1) is 6.92 Å². The van der Waals surface area contributed by atoms with Crippen LogP contribution in [0.25, 0.3) is 0 Å². The molecule has 1 aromatic rings. The lowest BCUT2D eigenvalue weighted by Crippen LogP contribution is -2.12. The maximum Gasteiger partial charge on any atom is 0.344 e. The lowest BCUT2D eigenvalue weighted by atomic mass is 10.1. The smallest absolute Gasteiger partial charge is 0.344 e. The maximum atomic E-state index is 12.8. The molecule has 0 aliphatic carbocycles. The zero-order valence-corrected chi connectivity index (χ0v) is 9.79. The second-order valence-corrected chi connectivity index (χ2v) is 3.26. The molecule has 6 heteroatoms. The van der Waals surface area contributed by atoms with Crippen LogP contribution in [-0.4, -0.2) is 24.7 Å². The van der Waals surface area contributed by atoms with Gasteiger partial charge in [0.25, 0.3) is 6.43 Å². The molecule has 0 saturated carbocycles. The number of esters is 1. The van der Waals surface area contributed by atoms with Gasteiger partial charge < -0.3 is 9.47 Å². The molecule has 1 heterocycles. The summed E-state index contributed by atoms with van der Waals surface area (Å²) in [4.78, 5) is 15.5. The minimum atomic E-state index is -2.79. The van der Waals surface area contributed by atoms with E-state index in [1.165, 1.54) is 7.11 Å². The van der Waals surface area contributed by atoms with E-state index in [0.29, 0.717) is 5.69 Å². The topological polar surface area (TPSA) is 48.4 Å². The van der Waals surface area contributed by atoms with Gasteiger partial charge in [-0.1, -0.05) is 0 Å². The second kappa shape index (κ2) is 5.56. The summed E-state index contributed by atoms with van der Waals surface area (Å²) in [6, 6.07) is 1.15. The Morgan fingerprint density at radius 1 is 1.53 bits per heavy atom. The molecule has 0 bridgehead atoms. The van der Waals surface area contributed by atoms with Gasteiger partial charge in [0.2, 0.25) is 5.88 Å². The Kier molecular flexibility index (Phi) is 4.37. The number of halogens is 2. The van der Waals surface area contributed by atoms with Crippen molar-refractivity contribution in [1.82, 2.24) is 4.98 Å². The van der Waals surface area contributed by atoms with Gasteiger partial charge in [0.15, 0.2) is 0 Å². The Hall–Kier alpha value is -1.72. The number of alkyl halides is 2. The molecule has 0 N–H and O–H groups in total. The van der Waals surface area contributed by atoms with Crippen molar-refractivity contribution in [2.75, 3.05) is 13.7 Å². The van der Waals surface area contributed by atoms with Gasteiger partial charge in [-0.05, 0) is 19.9 Å². The number of carbonyl (C=O) groups is 1. The van der Waals surface area contributed by atoms with Crippen molar-refractivity contribution in [1.29, 1.82) is 0 Å². The van der Waals surface area contributed by atoms with Gasteiger partial charge in [-0.2, -0.15) is 0 Å². The third-order valence-corrected chi connectivity index (χ3v) is 2.05. The number of ether oxygens (including phenoxy) is 2. The Bertz CT molecular complexity index is 421. The van der Waals surface area contributed by atoms with Gasteiger partial charge in [0, 0.05) is 11.3 Å². The van der Waals surface area contributed by atoms with Crippen LogP contribution in [0.5, 0.6) is 5.88 Å². The molecule has 4 nitrogen and oxygen atoms in total. The van der Waals surface area contributed by atoms with E-state index < -0.39 is 18.0 Å². The van der Waals surface area contributed by atoms with E-state index in [2.05, 4.69) is 4.98 Å². The zero-order chi connectivity index (χ0) is 13.0. The van der Waals surface area contributed by atoms with Gasteiger partial charge in [0.05, 0.1) is 13.7 Å². The number of rotatable bonds is 4. The minimum absolute atomic E-state index is 0.0958. The van der Waals surface area contributed by atoms with Crippen molar-refractivity contribution in [2.45, 2.75) is 20.3 Å². The summed E-state index contributed by atoms with van der Waals surface area (Å²) < 4.78 is 35.2. The largest absolute Gasteiger partial charge is 0.480 e. The fourth-order valence-electron chi connectivity index (χ4n) is 1.40. The molecular formula is C11H13F2NO3. The summed E-state index contributed by atoms with van der Waals surface area (Å²) >= 11 is 0. The first kappa shape index (κ1) is 13.3. The van der Waals surface area contributed by atoms with E-state index >= 15 is 0 Å². The van der Waals surface area contributed by atoms with Gasteiger partial charge in [0.1, 0.15) is 5.56 Å². The lowest BCUT2D eigenvalue weighted by Gasteiger charge is -2.12. The molecule has 0 unspecified atom stereocenters. The molecule has 0 spiro atoms. The van der Waals surface area contributed by atoms with Crippen molar-refractivity contribution in [3.8, 4) is 5.88 Å². The number of hydrogen-bond donors (Lipinski definition) is 0. The highest BCUT2D eigenvalue weighted by molar-refractivity contribution is 5.93. The zero-order valence-electron chi connectivity index (χ0n) is 9.79. The van der Waals surface area contributed by atoms with Crippen molar-refractivity contribution in [2.24, 2.45) is 0 Å². The van der Waals surface area contributed by atoms with E-state index in [-0.39, 0.29) is 18.1 Å². The molecule has 17 heavy (non-hydrogen) atoms. The first-order chi connectivity index (χ1) is 8.01. The fraction of sp³-hybridized carbons (Fsp3) is 0.455. The quantitative estimate of drug-likeness (QED) is 0.765. The van der Waals surface area contributed by atoms with Crippen LogP contribution < -0.4 is 4.74 Å². The van der Waals surface area contributed by atoms with Crippen LogP contribution in [0.4, 0.5) is 8.78 Å². The normalized spacial score (nSPS) is 10.5. The van der Waals surface area contributed by atoms with Crippen LogP contribution in [0.15, 0.2) is 6.07 Å². The average molecular weight is 245 g/mol. The van der Waals surface area contributed by atoms with Crippen molar-refractivity contribution < 1.29 is 23.0 Å². The summed E-state index contributed by atoms with van der Waals surface area (Å²) in [7, 11) is 1.26. The number of hydrogen-bond acceptors (Lipinski definition) is 4. The van der Waals surface area contributed by atoms with E-state index in [1.54, 1.807) is 13.8 Å². The molecule has 0 aliphatic heterocycles.